The maximum atomic E-state index is 9.75. The first-order valence-electron chi connectivity index (χ1n) is 7.67. The van der Waals surface area contributed by atoms with Crippen LogP contribution >= 0.6 is 0 Å². The summed E-state index contributed by atoms with van der Waals surface area (Å²) in [5.74, 6) is 1.07. The molecule has 0 fully saturated rings. The average Bonchev–Trinajstić information content (AvgIpc) is 2.52. The number of rotatable bonds is 2. The van der Waals surface area contributed by atoms with Crippen LogP contribution in [0.2, 0.25) is 0 Å². The van der Waals surface area contributed by atoms with Crippen molar-refractivity contribution in [2.24, 2.45) is 0 Å². The number of hydrogen-bond acceptors (Lipinski definition) is 3. The summed E-state index contributed by atoms with van der Waals surface area (Å²) in [6.07, 6.45) is 0. The number of pyridine rings is 1. The Labute approximate surface area is 136 Å². The summed E-state index contributed by atoms with van der Waals surface area (Å²) in [5.41, 5.74) is 2.71. The quantitative estimate of drug-likeness (QED) is 0.731. The summed E-state index contributed by atoms with van der Waals surface area (Å²) >= 11 is 0. The van der Waals surface area contributed by atoms with Crippen molar-refractivity contribution in [3.05, 3.63) is 54.2 Å². The number of methoxy groups -OCH3 is 1. The van der Waals surface area contributed by atoms with Crippen LogP contribution in [-0.2, 0) is 5.41 Å². The Hall–Kier alpha value is -2.55. The van der Waals surface area contributed by atoms with E-state index in [2.05, 4.69) is 26.8 Å². The highest BCUT2D eigenvalue weighted by Crippen LogP contribution is 2.34. The molecule has 1 aromatic heterocycles. The topological polar surface area (TPSA) is 42.4 Å². The fourth-order valence-corrected chi connectivity index (χ4v) is 2.75. The van der Waals surface area contributed by atoms with Gasteiger partial charge in [0, 0.05) is 16.4 Å². The molecule has 3 heteroatoms. The van der Waals surface area contributed by atoms with Gasteiger partial charge in [-0.25, -0.2) is 0 Å². The first kappa shape index (κ1) is 15.3. The Bertz CT molecular complexity index is 863. The molecule has 0 aliphatic heterocycles. The molecule has 0 amide bonds. The van der Waals surface area contributed by atoms with Gasteiger partial charge in [0.15, 0.2) is 0 Å². The van der Waals surface area contributed by atoms with Crippen molar-refractivity contribution in [3.63, 3.8) is 0 Å². The molecule has 23 heavy (non-hydrogen) atoms. The highest BCUT2D eigenvalue weighted by Gasteiger charge is 2.20. The van der Waals surface area contributed by atoms with Gasteiger partial charge >= 0.3 is 0 Å². The predicted octanol–water partition coefficient (Wildman–Crippen LogP) is 4.91. The van der Waals surface area contributed by atoms with Gasteiger partial charge in [-0.2, -0.15) is 0 Å². The van der Waals surface area contributed by atoms with Crippen molar-refractivity contribution >= 4 is 10.8 Å². The Balaban J connectivity index is 2.31. The molecule has 0 radical (unpaired) electrons. The second kappa shape index (κ2) is 5.58. The molecule has 0 atom stereocenters. The number of phenolic OH excluding ortho intramolecular Hbond substituents is 1. The Morgan fingerprint density at radius 2 is 1.78 bits per heavy atom. The number of fused-ring (bicyclic) bond motifs is 1. The second-order valence-electron chi connectivity index (χ2n) is 6.74. The third-order valence-electron chi connectivity index (χ3n) is 3.89. The third kappa shape index (κ3) is 3.00. The fourth-order valence-electron chi connectivity index (χ4n) is 2.75. The van der Waals surface area contributed by atoms with Gasteiger partial charge in [-0.3, -0.25) is 4.98 Å². The van der Waals surface area contributed by atoms with Crippen molar-refractivity contribution in [2.75, 3.05) is 7.11 Å². The summed E-state index contributed by atoms with van der Waals surface area (Å²) in [6.45, 7) is 6.47. The lowest BCUT2D eigenvalue weighted by atomic mass is 9.87. The summed E-state index contributed by atoms with van der Waals surface area (Å²) < 4.78 is 5.35. The fraction of sp³-hybridized carbons (Fsp3) is 0.250. The molecule has 0 aliphatic rings. The zero-order valence-electron chi connectivity index (χ0n) is 13.9. The lowest BCUT2D eigenvalue weighted by Gasteiger charge is -2.21. The van der Waals surface area contributed by atoms with E-state index in [0.29, 0.717) is 0 Å². The molecular weight excluding hydrogens is 286 g/mol. The molecule has 0 bridgehead atoms. The zero-order valence-corrected chi connectivity index (χ0v) is 13.9. The number of ether oxygens (including phenoxy) is 1. The summed E-state index contributed by atoms with van der Waals surface area (Å²) in [7, 11) is 1.67. The lowest BCUT2D eigenvalue weighted by molar-refractivity contribution is 0.415. The van der Waals surface area contributed by atoms with E-state index >= 15 is 0 Å². The number of aromatic hydroxyl groups is 1. The molecule has 0 aliphatic carbocycles. The Morgan fingerprint density at radius 3 is 2.43 bits per heavy atom. The van der Waals surface area contributed by atoms with Gasteiger partial charge in [-0.15, -0.1) is 0 Å². The van der Waals surface area contributed by atoms with E-state index < -0.39 is 0 Å². The largest absolute Gasteiger partial charge is 0.508 e. The smallest absolute Gasteiger partial charge is 0.119 e. The summed E-state index contributed by atoms with van der Waals surface area (Å²) in [4.78, 5) is 4.89. The number of nitrogens with zero attached hydrogens (tertiary/aromatic N) is 1. The van der Waals surface area contributed by atoms with Crippen LogP contribution in [0.4, 0.5) is 0 Å². The minimum Gasteiger partial charge on any atom is -0.508 e. The van der Waals surface area contributed by atoms with Crippen molar-refractivity contribution in [1.82, 2.24) is 4.98 Å². The van der Waals surface area contributed by atoms with Crippen molar-refractivity contribution in [1.29, 1.82) is 0 Å². The first-order chi connectivity index (χ1) is 10.9. The van der Waals surface area contributed by atoms with Crippen LogP contribution in [0.1, 0.15) is 26.5 Å². The van der Waals surface area contributed by atoms with Crippen LogP contribution in [0.5, 0.6) is 11.5 Å². The molecule has 0 unspecified atom stereocenters. The Kier molecular flexibility index (Phi) is 3.72. The molecule has 3 nitrogen and oxygen atoms in total. The number of aromatic nitrogens is 1. The van der Waals surface area contributed by atoms with E-state index in [1.165, 1.54) is 0 Å². The van der Waals surface area contributed by atoms with Crippen molar-refractivity contribution in [2.45, 2.75) is 26.2 Å². The van der Waals surface area contributed by atoms with Gasteiger partial charge in [-0.05, 0) is 41.8 Å². The molecular formula is C20H21NO2. The minimum atomic E-state index is -0.0837. The van der Waals surface area contributed by atoms with Crippen LogP contribution in [0.25, 0.3) is 22.0 Å². The van der Waals surface area contributed by atoms with Crippen LogP contribution in [0.15, 0.2) is 48.5 Å². The molecule has 3 rings (SSSR count). The number of hydrogen-bond donors (Lipinski definition) is 1. The summed E-state index contributed by atoms with van der Waals surface area (Å²) in [6, 6.07) is 15.3. The highest BCUT2D eigenvalue weighted by atomic mass is 16.5. The van der Waals surface area contributed by atoms with Gasteiger partial charge in [-0.1, -0.05) is 32.9 Å². The SMILES string of the molecule is COc1ccc2c(C(C)(C)C)nc(-c3cccc(O)c3)cc2c1. The molecule has 0 saturated carbocycles. The van der Waals surface area contributed by atoms with Crippen LogP contribution in [-0.4, -0.2) is 17.2 Å². The molecule has 118 valence electrons. The molecule has 0 spiro atoms. The molecule has 0 saturated heterocycles. The monoisotopic (exact) mass is 307 g/mol. The van der Waals surface area contributed by atoms with E-state index in [9.17, 15) is 5.11 Å². The van der Waals surface area contributed by atoms with E-state index in [1.807, 2.05) is 30.3 Å². The second-order valence-corrected chi connectivity index (χ2v) is 6.74. The standard InChI is InChI=1S/C20H21NO2/c1-20(2,3)19-17-9-8-16(23-4)11-14(17)12-18(21-19)13-6-5-7-15(22)10-13/h5-12,22H,1-4H3. The predicted molar refractivity (Wildman–Crippen MR) is 94.1 cm³/mol. The summed E-state index contributed by atoms with van der Waals surface area (Å²) in [5, 5.41) is 12.0. The normalized spacial score (nSPS) is 11.7. The van der Waals surface area contributed by atoms with Crippen molar-refractivity contribution in [3.8, 4) is 22.8 Å². The number of phenols is 1. The van der Waals surface area contributed by atoms with E-state index in [-0.39, 0.29) is 11.2 Å². The van der Waals surface area contributed by atoms with Crippen LogP contribution in [0, 0.1) is 0 Å². The third-order valence-corrected chi connectivity index (χ3v) is 3.89. The van der Waals surface area contributed by atoms with Gasteiger partial charge in [0.05, 0.1) is 18.5 Å². The Morgan fingerprint density at radius 1 is 1.00 bits per heavy atom. The van der Waals surface area contributed by atoms with Gasteiger partial charge in [0.1, 0.15) is 11.5 Å². The zero-order chi connectivity index (χ0) is 16.6. The molecule has 1 N–H and O–H groups in total. The molecule has 1 heterocycles. The highest BCUT2D eigenvalue weighted by molar-refractivity contribution is 5.89. The van der Waals surface area contributed by atoms with E-state index in [4.69, 9.17) is 9.72 Å². The maximum Gasteiger partial charge on any atom is 0.119 e. The minimum absolute atomic E-state index is 0.0837. The number of benzene rings is 2. The molecule has 3 aromatic rings. The van der Waals surface area contributed by atoms with Crippen LogP contribution in [0.3, 0.4) is 0 Å². The van der Waals surface area contributed by atoms with Crippen LogP contribution < -0.4 is 4.74 Å². The van der Waals surface area contributed by atoms with E-state index in [1.54, 1.807) is 19.2 Å². The van der Waals surface area contributed by atoms with Crippen molar-refractivity contribution < 1.29 is 9.84 Å². The first-order valence-corrected chi connectivity index (χ1v) is 7.67. The van der Waals surface area contributed by atoms with Gasteiger partial charge < -0.3 is 9.84 Å². The maximum absolute atomic E-state index is 9.75. The van der Waals surface area contributed by atoms with Gasteiger partial charge in [0.2, 0.25) is 0 Å². The van der Waals surface area contributed by atoms with Gasteiger partial charge in [0.25, 0.3) is 0 Å². The average molecular weight is 307 g/mol. The molecule has 2 aromatic carbocycles. The van der Waals surface area contributed by atoms with E-state index in [0.717, 1.165) is 33.5 Å². The lowest BCUT2D eigenvalue weighted by Crippen LogP contribution is -2.14.